The molecule has 1 heterocycles. The summed E-state index contributed by atoms with van der Waals surface area (Å²) in [6, 6.07) is -1.58. The van der Waals surface area contributed by atoms with E-state index in [4.69, 9.17) is 10.2 Å². The molecule has 1 aliphatic rings. The summed E-state index contributed by atoms with van der Waals surface area (Å²) in [5.74, 6) is -1.06. The van der Waals surface area contributed by atoms with Gasteiger partial charge in [-0.15, -0.1) is 0 Å². The van der Waals surface area contributed by atoms with Gasteiger partial charge in [0.2, 0.25) is 0 Å². The zero-order valence-corrected chi connectivity index (χ0v) is 12.9. The standard InChI is InChI=1S/C13H22N2O5S/c1-13(6-3-7-21-13)8-14-12(20)15-9(11(18)19)4-2-5-10(16)17/h9H,2-8H2,1H3,(H,16,17)(H,18,19)(H2,14,15,20)/t9-,13?/m1/s1. The number of rotatable bonds is 8. The molecule has 0 spiro atoms. The molecule has 0 aromatic rings. The van der Waals surface area contributed by atoms with Crippen molar-refractivity contribution in [3.63, 3.8) is 0 Å². The predicted molar refractivity (Wildman–Crippen MR) is 79.5 cm³/mol. The number of aliphatic carboxylic acids is 2. The van der Waals surface area contributed by atoms with Crippen molar-refractivity contribution in [1.82, 2.24) is 10.6 Å². The van der Waals surface area contributed by atoms with E-state index in [-0.39, 0.29) is 24.0 Å². The first kappa shape index (κ1) is 17.6. The quantitative estimate of drug-likeness (QED) is 0.536. The highest BCUT2D eigenvalue weighted by atomic mass is 32.2. The van der Waals surface area contributed by atoms with Crippen LogP contribution in [0, 0.1) is 0 Å². The van der Waals surface area contributed by atoms with Gasteiger partial charge in [-0.3, -0.25) is 4.79 Å². The Morgan fingerprint density at radius 2 is 2.05 bits per heavy atom. The number of urea groups is 1. The van der Waals surface area contributed by atoms with E-state index in [0.717, 1.165) is 18.6 Å². The molecule has 0 aromatic heterocycles. The second kappa shape index (κ2) is 8.11. The van der Waals surface area contributed by atoms with Gasteiger partial charge in [0, 0.05) is 17.7 Å². The molecule has 1 saturated heterocycles. The van der Waals surface area contributed by atoms with Crippen molar-refractivity contribution in [3.05, 3.63) is 0 Å². The summed E-state index contributed by atoms with van der Waals surface area (Å²) in [6.07, 6.45) is 2.35. The number of carboxylic acids is 2. The Kier molecular flexibility index (Phi) is 6.80. The molecule has 1 unspecified atom stereocenters. The van der Waals surface area contributed by atoms with Gasteiger partial charge in [-0.25, -0.2) is 9.59 Å². The molecule has 0 aromatic carbocycles. The molecule has 0 radical (unpaired) electrons. The Morgan fingerprint density at radius 3 is 2.57 bits per heavy atom. The minimum absolute atomic E-state index is 0.0133. The SMILES string of the molecule is CC1(CNC(=O)N[C@H](CCCC(=O)O)C(=O)O)CCCS1. The minimum Gasteiger partial charge on any atom is -0.481 e. The fourth-order valence-electron chi connectivity index (χ4n) is 2.17. The topological polar surface area (TPSA) is 116 Å². The molecule has 1 rings (SSSR count). The van der Waals surface area contributed by atoms with Crippen LogP contribution >= 0.6 is 11.8 Å². The normalized spacial score (nSPS) is 22.5. The van der Waals surface area contributed by atoms with E-state index in [1.807, 2.05) is 0 Å². The van der Waals surface area contributed by atoms with E-state index in [2.05, 4.69) is 17.6 Å². The highest BCUT2D eigenvalue weighted by Gasteiger charge is 2.30. The van der Waals surface area contributed by atoms with Crippen LogP contribution in [0.5, 0.6) is 0 Å². The number of nitrogens with one attached hydrogen (secondary N) is 2. The molecule has 4 N–H and O–H groups in total. The van der Waals surface area contributed by atoms with E-state index < -0.39 is 24.0 Å². The first-order chi connectivity index (χ1) is 9.82. The third-order valence-corrected chi connectivity index (χ3v) is 4.95. The second-order valence-corrected chi connectivity index (χ2v) is 7.09. The Balaban J connectivity index is 2.34. The van der Waals surface area contributed by atoms with Crippen LogP contribution in [0.2, 0.25) is 0 Å². The van der Waals surface area contributed by atoms with Gasteiger partial charge in [0.25, 0.3) is 0 Å². The lowest BCUT2D eigenvalue weighted by atomic mass is 10.1. The summed E-state index contributed by atoms with van der Waals surface area (Å²) >= 11 is 1.80. The number of carbonyl (C=O) groups excluding carboxylic acids is 1. The van der Waals surface area contributed by atoms with Crippen LogP contribution in [-0.4, -0.2) is 51.3 Å². The fourth-order valence-corrected chi connectivity index (χ4v) is 3.41. The van der Waals surface area contributed by atoms with Crippen molar-refractivity contribution in [2.45, 2.75) is 49.8 Å². The molecular weight excluding hydrogens is 296 g/mol. The monoisotopic (exact) mass is 318 g/mol. The van der Waals surface area contributed by atoms with Crippen LogP contribution in [0.3, 0.4) is 0 Å². The second-order valence-electron chi connectivity index (χ2n) is 5.41. The molecule has 2 atom stereocenters. The van der Waals surface area contributed by atoms with Crippen molar-refractivity contribution in [2.24, 2.45) is 0 Å². The van der Waals surface area contributed by atoms with Gasteiger partial charge >= 0.3 is 18.0 Å². The van der Waals surface area contributed by atoms with Crippen molar-refractivity contribution in [2.75, 3.05) is 12.3 Å². The number of thioether (sulfide) groups is 1. The highest BCUT2D eigenvalue weighted by Crippen LogP contribution is 2.36. The van der Waals surface area contributed by atoms with Crippen molar-refractivity contribution < 1.29 is 24.6 Å². The van der Waals surface area contributed by atoms with Gasteiger partial charge in [-0.2, -0.15) is 11.8 Å². The van der Waals surface area contributed by atoms with Crippen LogP contribution in [0.15, 0.2) is 0 Å². The molecule has 0 aliphatic carbocycles. The molecule has 21 heavy (non-hydrogen) atoms. The van der Waals surface area contributed by atoms with Crippen LogP contribution in [0.4, 0.5) is 4.79 Å². The summed E-state index contributed by atoms with van der Waals surface area (Å²) in [5.41, 5.74) is 0. The summed E-state index contributed by atoms with van der Waals surface area (Å²) in [7, 11) is 0. The minimum atomic E-state index is -1.16. The summed E-state index contributed by atoms with van der Waals surface area (Å²) in [4.78, 5) is 33.2. The number of hydrogen-bond donors (Lipinski definition) is 4. The molecule has 0 saturated carbocycles. The Morgan fingerprint density at radius 1 is 1.33 bits per heavy atom. The number of hydrogen-bond acceptors (Lipinski definition) is 4. The van der Waals surface area contributed by atoms with E-state index in [0.29, 0.717) is 6.54 Å². The van der Waals surface area contributed by atoms with Crippen LogP contribution in [0.1, 0.15) is 39.0 Å². The molecule has 7 nitrogen and oxygen atoms in total. The molecule has 120 valence electrons. The maximum absolute atomic E-state index is 11.7. The maximum Gasteiger partial charge on any atom is 0.326 e. The smallest absolute Gasteiger partial charge is 0.326 e. The summed E-state index contributed by atoms with van der Waals surface area (Å²) in [5, 5.41) is 22.6. The molecule has 0 bridgehead atoms. The zero-order valence-electron chi connectivity index (χ0n) is 12.1. The predicted octanol–water partition coefficient (Wildman–Crippen LogP) is 1.28. The van der Waals surface area contributed by atoms with Gasteiger partial charge in [0.1, 0.15) is 6.04 Å². The van der Waals surface area contributed by atoms with Gasteiger partial charge in [-0.05, 0) is 38.4 Å². The Bertz CT molecular complexity index is 396. The molecule has 2 amide bonds. The van der Waals surface area contributed by atoms with Gasteiger partial charge in [0.05, 0.1) is 0 Å². The maximum atomic E-state index is 11.7. The molecule has 1 aliphatic heterocycles. The zero-order chi connectivity index (χ0) is 15.9. The van der Waals surface area contributed by atoms with Crippen molar-refractivity contribution in [1.29, 1.82) is 0 Å². The van der Waals surface area contributed by atoms with Gasteiger partial charge < -0.3 is 20.8 Å². The lowest BCUT2D eigenvalue weighted by Crippen LogP contribution is -2.48. The van der Waals surface area contributed by atoms with Crippen molar-refractivity contribution in [3.8, 4) is 0 Å². The van der Waals surface area contributed by atoms with Gasteiger partial charge in [0.15, 0.2) is 0 Å². The Hall–Kier alpha value is -1.44. The molecule has 1 fully saturated rings. The van der Waals surface area contributed by atoms with E-state index in [1.165, 1.54) is 0 Å². The third kappa shape index (κ3) is 6.70. The average molecular weight is 318 g/mol. The fraction of sp³-hybridized carbons (Fsp3) is 0.769. The largest absolute Gasteiger partial charge is 0.481 e. The summed E-state index contributed by atoms with van der Waals surface area (Å²) < 4.78 is 0.0133. The number of carboxylic acid groups (broad SMARTS) is 2. The highest BCUT2D eigenvalue weighted by molar-refractivity contribution is 8.00. The van der Waals surface area contributed by atoms with Crippen LogP contribution < -0.4 is 10.6 Å². The van der Waals surface area contributed by atoms with Crippen LogP contribution in [-0.2, 0) is 9.59 Å². The van der Waals surface area contributed by atoms with E-state index >= 15 is 0 Å². The average Bonchev–Trinajstić information content (AvgIpc) is 2.82. The number of carbonyl (C=O) groups is 3. The van der Waals surface area contributed by atoms with Crippen molar-refractivity contribution >= 4 is 29.7 Å². The lowest BCUT2D eigenvalue weighted by Gasteiger charge is -2.23. The first-order valence-corrected chi connectivity index (χ1v) is 7.94. The first-order valence-electron chi connectivity index (χ1n) is 6.95. The van der Waals surface area contributed by atoms with Gasteiger partial charge in [-0.1, -0.05) is 0 Å². The molecule has 8 heteroatoms. The third-order valence-electron chi connectivity index (χ3n) is 3.41. The van der Waals surface area contributed by atoms with E-state index in [1.54, 1.807) is 11.8 Å². The number of amides is 2. The summed E-state index contributed by atoms with van der Waals surface area (Å²) in [6.45, 7) is 2.57. The van der Waals surface area contributed by atoms with Crippen LogP contribution in [0.25, 0.3) is 0 Å². The lowest BCUT2D eigenvalue weighted by molar-refractivity contribution is -0.140. The molecular formula is C13H22N2O5S. The van der Waals surface area contributed by atoms with E-state index in [9.17, 15) is 14.4 Å². The Labute approximate surface area is 127 Å².